The van der Waals surface area contributed by atoms with Crippen molar-refractivity contribution < 1.29 is 23.5 Å². The van der Waals surface area contributed by atoms with Crippen molar-refractivity contribution in [1.29, 1.82) is 0 Å². The zero-order chi connectivity index (χ0) is 20.1. The molecule has 6 atom stereocenters. The Morgan fingerprint density at radius 1 is 1.11 bits per heavy atom. The summed E-state index contributed by atoms with van der Waals surface area (Å²) in [5, 5.41) is 17.3. The SMILES string of the molecule is O=C(NC1CC(F)C(F)CC1C(=O)NCCO)C1CCC(N2CCNC2)NN1. The number of amides is 2. The minimum Gasteiger partial charge on any atom is -0.395 e. The van der Waals surface area contributed by atoms with E-state index in [1.165, 1.54) is 0 Å². The lowest BCUT2D eigenvalue weighted by Crippen LogP contribution is -2.63. The molecule has 3 rings (SSSR count). The third-order valence-electron chi connectivity index (χ3n) is 5.71. The maximum absolute atomic E-state index is 13.9. The van der Waals surface area contributed by atoms with Gasteiger partial charge in [-0.05, 0) is 19.3 Å². The Morgan fingerprint density at radius 3 is 2.54 bits per heavy atom. The molecule has 2 aliphatic heterocycles. The van der Waals surface area contributed by atoms with Crippen molar-refractivity contribution in [1.82, 2.24) is 31.7 Å². The maximum atomic E-state index is 13.9. The number of aliphatic hydroxyl groups is 1. The van der Waals surface area contributed by atoms with Crippen LogP contribution in [0.15, 0.2) is 0 Å². The van der Waals surface area contributed by atoms with E-state index in [0.717, 1.165) is 26.2 Å². The fourth-order valence-electron chi connectivity index (χ4n) is 4.08. The van der Waals surface area contributed by atoms with E-state index in [2.05, 4.69) is 31.7 Å². The van der Waals surface area contributed by atoms with Gasteiger partial charge in [-0.15, -0.1) is 0 Å². The molecule has 1 aliphatic carbocycles. The Hall–Kier alpha value is -1.40. The van der Waals surface area contributed by atoms with Gasteiger partial charge in [-0.1, -0.05) is 0 Å². The van der Waals surface area contributed by atoms with Gasteiger partial charge in [0.1, 0.15) is 18.4 Å². The van der Waals surface area contributed by atoms with E-state index in [1.807, 2.05) is 0 Å². The summed E-state index contributed by atoms with van der Waals surface area (Å²) < 4.78 is 27.7. The Kier molecular flexibility index (Phi) is 7.52. The molecule has 160 valence electrons. The first kappa shape index (κ1) is 21.3. The minimum atomic E-state index is -1.73. The van der Waals surface area contributed by atoms with Crippen LogP contribution in [0.2, 0.25) is 0 Å². The molecule has 2 amide bonds. The van der Waals surface area contributed by atoms with E-state index in [-0.39, 0.29) is 38.1 Å². The number of hydrogen-bond acceptors (Lipinski definition) is 7. The highest BCUT2D eigenvalue weighted by Gasteiger charge is 2.42. The lowest BCUT2D eigenvalue weighted by atomic mass is 9.81. The van der Waals surface area contributed by atoms with Gasteiger partial charge in [0, 0.05) is 38.8 Å². The average Bonchev–Trinajstić information content (AvgIpc) is 3.23. The number of nitrogens with one attached hydrogen (secondary N) is 5. The summed E-state index contributed by atoms with van der Waals surface area (Å²) in [5.74, 6) is -1.68. The standard InChI is InChI=1S/C17H30F2N6O3/c18-11-7-10(16(27)21-4-6-26)14(8-12(11)19)22-17(28)13-1-2-15(24-23-13)25-5-3-20-9-25/h10-15,20,23-24,26H,1-9H2,(H,21,27)(H,22,28). The molecule has 6 unspecified atom stereocenters. The molecular formula is C17H30F2N6O3. The first-order valence-corrected chi connectivity index (χ1v) is 9.92. The van der Waals surface area contributed by atoms with Gasteiger partial charge in [-0.25, -0.2) is 19.6 Å². The highest BCUT2D eigenvalue weighted by Crippen LogP contribution is 2.30. The van der Waals surface area contributed by atoms with E-state index in [4.69, 9.17) is 5.11 Å². The monoisotopic (exact) mass is 404 g/mol. The van der Waals surface area contributed by atoms with Gasteiger partial charge < -0.3 is 21.1 Å². The van der Waals surface area contributed by atoms with Crippen LogP contribution in [-0.2, 0) is 9.59 Å². The normalized spacial score (nSPS) is 36.8. The van der Waals surface area contributed by atoms with Crippen molar-refractivity contribution in [3.05, 3.63) is 0 Å². The first-order chi connectivity index (χ1) is 13.5. The Morgan fingerprint density at radius 2 is 1.89 bits per heavy atom. The fourth-order valence-corrected chi connectivity index (χ4v) is 4.08. The number of alkyl halides is 2. The highest BCUT2D eigenvalue weighted by atomic mass is 19.2. The smallest absolute Gasteiger partial charge is 0.238 e. The molecule has 9 nitrogen and oxygen atoms in total. The third kappa shape index (κ3) is 5.15. The van der Waals surface area contributed by atoms with Crippen LogP contribution in [0.4, 0.5) is 8.78 Å². The van der Waals surface area contributed by atoms with E-state index in [9.17, 15) is 18.4 Å². The summed E-state index contributed by atoms with van der Waals surface area (Å²) in [7, 11) is 0. The van der Waals surface area contributed by atoms with Gasteiger partial charge >= 0.3 is 0 Å². The predicted octanol–water partition coefficient (Wildman–Crippen LogP) is -1.89. The number of nitrogens with zero attached hydrogens (tertiary/aromatic N) is 1. The van der Waals surface area contributed by atoms with Crippen LogP contribution in [0.3, 0.4) is 0 Å². The number of hydrogen-bond donors (Lipinski definition) is 6. The van der Waals surface area contributed by atoms with Gasteiger partial charge in [0.05, 0.1) is 18.7 Å². The number of aliphatic hydroxyl groups excluding tert-OH is 1. The predicted molar refractivity (Wildman–Crippen MR) is 97.2 cm³/mol. The highest BCUT2D eigenvalue weighted by molar-refractivity contribution is 5.84. The van der Waals surface area contributed by atoms with E-state index in [1.54, 1.807) is 0 Å². The van der Waals surface area contributed by atoms with Gasteiger partial charge in [0.15, 0.2) is 0 Å². The largest absolute Gasteiger partial charge is 0.395 e. The third-order valence-corrected chi connectivity index (χ3v) is 5.71. The number of hydrazine groups is 1. The van der Waals surface area contributed by atoms with Crippen molar-refractivity contribution in [3.8, 4) is 0 Å². The van der Waals surface area contributed by atoms with Gasteiger partial charge in [0.25, 0.3) is 0 Å². The molecule has 0 radical (unpaired) electrons. The maximum Gasteiger partial charge on any atom is 0.238 e. The number of carbonyl (C=O) groups excluding carboxylic acids is 2. The Labute approximate surface area is 162 Å². The van der Waals surface area contributed by atoms with Crippen LogP contribution in [0.1, 0.15) is 25.7 Å². The topological polar surface area (TPSA) is 118 Å². The van der Waals surface area contributed by atoms with E-state index >= 15 is 0 Å². The molecule has 6 N–H and O–H groups in total. The molecule has 3 fully saturated rings. The van der Waals surface area contributed by atoms with Crippen molar-refractivity contribution in [2.75, 3.05) is 32.9 Å². The molecule has 2 heterocycles. The average molecular weight is 404 g/mol. The molecule has 28 heavy (non-hydrogen) atoms. The van der Waals surface area contributed by atoms with Gasteiger partial charge in [0.2, 0.25) is 11.8 Å². The summed E-state index contributed by atoms with van der Waals surface area (Å²) in [6, 6.07) is -1.29. The van der Waals surface area contributed by atoms with Crippen molar-refractivity contribution in [2.24, 2.45) is 5.92 Å². The fraction of sp³-hybridized carbons (Fsp3) is 0.882. The molecule has 0 aromatic rings. The van der Waals surface area contributed by atoms with Crippen LogP contribution < -0.4 is 26.8 Å². The number of carbonyl (C=O) groups is 2. The quantitative estimate of drug-likeness (QED) is 0.307. The van der Waals surface area contributed by atoms with E-state index < -0.39 is 36.3 Å². The first-order valence-electron chi connectivity index (χ1n) is 9.92. The zero-order valence-corrected chi connectivity index (χ0v) is 15.8. The molecule has 0 bridgehead atoms. The molecule has 0 aromatic heterocycles. The van der Waals surface area contributed by atoms with Crippen molar-refractivity contribution in [3.63, 3.8) is 0 Å². The molecule has 1 saturated carbocycles. The summed E-state index contributed by atoms with van der Waals surface area (Å²) in [5.41, 5.74) is 6.14. The van der Waals surface area contributed by atoms with Crippen LogP contribution in [0.5, 0.6) is 0 Å². The second kappa shape index (κ2) is 9.88. The second-order valence-corrected chi connectivity index (χ2v) is 7.64. The van der Waals surface area contributed by atoms with Crippen LogP contribution in [-0.4, -0.2) is 85.3 Å². The molecule has 0 spiro atoms. The summed E-state index contributed by atoms with van der Waals surface area (Å²) in [6.07, 6.45) is -2.47. The molecular weight excluding hydrogens is 374 g/mol. The number of halogens is 2. The van der Waals surface area contributed by atoms with Crippen LogP contribution >= 0.6 is 0 Å². The van der Waals surface area contributed by atoms with Crippen molar-refractivity contribution >= 4 is 11.8 Å². The van der Waals surface area contributed by atoms with Gasteiger partial charge in [-0.3, -0.25) is 14.5 Å². The summed E-state index contributed by atoms with van der Waals surface area (Å²) in [4.78, 5) is 27.1. The number of rotatable bonds is 6. The second-order valence-electron chi connectivity index (χ2n) is 7.64. The molecule has 2 saturated heterocycles. The van der Waals surface area contributed by atoms with Crippen LogP contribution in [0, 0.1) is 5.92 Å². The van der Waals surface area contributed by atoms with E-state index in [0.29, 0.717) is 6.42 Å². The zero-order valence-electron chi connectivity index (χ0n) is 15.8. The lowest BCUT2D eigenvalue weighted by Gasteiger charge is -2.38. The summed E-state index contributed by atoms with van der Waals surface area (Å²) in [6.45, 7) is 2.46. The molecule has 3 aliphatic rings. The Balaban J connectivity index is 1.53. The Bertz CT molecular complexity index is 543. The molecule has 11 heteroatoms. The van der Waals surface area contributed by atoms with Gasteiger partial charge in [-0.2, -0.15) is 0 Å². The van der Waals surface area contributed by atoms with Crippen LogP contribution in [0.25, 0.3) is 0 Å². The lowest BCUT2D eigenvalue weighted by molar-refractivity contribution is -0.131. The molecule has 0 aromatic carbocycles. The van der Waals surface area contributed by atoms with Crippen molar-refractivity contribution in [2.45, 2.75) is 56.3 Å². The minimum absolute atomic E-state index is 0.0346. The summed E-state index contributed by atoms with van der Waals surface area (Å²) >= 11 is 0.